The third-order valence-electron chi connectivity index (χ3n) is 7.73. The second-order valence-electron chi connectivity index (χ2n) is 10.2. The van der Waals surface area contributed by atoms with Crippen LogP contribution in [0.25, 0.3) is 20.7 Å². The summed E-state index contributed by atoms with van der Waals surface area (Å²) in [5, 5.41) is 0.685. The predicted octanol–water partition coefficient (Wildman–Crippen LogP) is 4.56. The van der Waals surface area contributed by atoms with Crippen molar-refractivity contribution in [2.45, 2.75) is 37.8 Å². The van der Waals surface area contributed by atoms with Crippen LogP contribution < -0.4 is 5.56 Å². The van der Waals surface area contributed by atoms with E-state index in [9.17, 15) is 9.59 Å². The molecule has 3 fully saturated rings. The number of carbonyl (C=O) groups excluding carboxylic acids is 1. The van der Waals surface area contributed by atoms with Crippen LogP contribution in [0.4, 0.5) is 4.79 Å². The number of rotatable bonds is 5. The Balaban J connectivity index is 1.14. The lowest BCUT2D eigenvalue weighted by atomic mass is 10.2. The van der Waals surface area contributed by atoms with Crippen LogP contribution in [0, 0.1) is 5.92 Å². The van der Waals surface area contributed by atoms with Crippen molar-refractivity contribution in [2.75, 3.05) is 39.8 Å². The van der Waals surface area contributed by atoms with E-state index in [1.807, 2.05) is 47.2 Å². The maximum absolute atomic E-state index is 13.4. The van der Waals surface area contributed by atoms with Crippen LogP contribution in [0.5, 0.6) is 0 Å². The highest BCUT2D eigenvalue weighted by atomic mass is 35.5. The molecule has 3 aromatic rings. The fourth-order valence-electron chi connectivity index (χ4n) is 5.42. The molecule has 35 heavy (non-hydrogen) atoms. The quantitative estimate of drug-likeness (QED) is 0.503. The fraction of sp³-hybridized carbons (Fsp3) is 0.500. The lowest BCUT2D eigenvalue weighted by molar-refractivity contribution is 0.153. The zero-order valence-corrected chi connectivity index (χ0v) is 21.5. The van der Waals surface area contributed by atoms with Crippen molar-refractivity contribution in [3.05, 3.63) is 52.0 Å². The normalized spacial score (nSPS) is 22.9. The molecule has 9 heteroatoms. The van der Waals surface area contributed by atoms with Gasteiger partial charge in [0.2, 0.25) is 0 Å². The first-order valence-corrected chi connectivity index (χ1v) is 13.7. The molecule has 2 amide bonds. The number of nitrogens with zero attached hydrogens (tertiary/aromatic N) is 5. The van der Waals surface area contributed by atoms with E-state index < -0.39 is 0 Å². The van der Waals surface area contributed by atoms with Crippen molar-refractivity contribution in [3.63, 3.8) is 0 Å². The molecule has 184 valence electrons. The van der Waals surface area contributed by atoms with Gasteiger partial charge >= 0.3 is 6.03 Å². The van der Waals surface area contributed by atoms with Crippen molar-refractivity contribution in [1.82, 2.24) is 24.3 Å². The number of urea groups is 1. The zero-order chi connectivity index (χ0) is 24.1. The predicted molar refractivity (Wildman–Crippen MR) is 140 cm³/mol. The summed E-state index contributed by atoms with van der Waals surface area (Å²) in [6.07, 6.45) is 6.18. The van der Waals surface area contributed by atoms with E-state index in [1.165, 1.54) is 30.7 Å². The van der Waals surface area contributed by atoms with E-state index in [4.69, 9.17) is 11.6 Å². The number of hydrogen-bond donors (Lipinski definition) is 0. The number of benzene rings is 1. The van der Waals surface area contributed by atoms with Crippen molar-refractivity contribution < 1.29 is 4.79 Å². The molecule has 4 heterocycles. The van der Waals surface area contributed by atoms with Crippen molar-refractivity contribution in [1.29, 1.82) is 0 Å². The lowest BCUT2D eigenvalue weighted by Crippen LogP contribution is -2.46. The summed E-state index contributed by atoms with van der Waals surface area (Å²) in [5.41, 5.74) is 1.70. The van der Waals surface area contributed by atoms with Gasteiger partial charge in [0.05, 0.1) is 17.9 Å². The third-order valence-corrected chi connectivity index (χ3v) is 9.14. The number of hydrogen-bond acceptors (Lipinski definition) is 5. The average molecular weight is 512 g/mol. The number of aromatic nitrogens is 2. The summed E-state index contributed by atoms with van der Waals surface area (Å²) in [6.45, 7) is 4.46. The largest absolute Gasteiger partial charge is 0.323 e. The van der Waals surface area contributed by atoms with Crippen LogP contribution in [0.15, 0.2) is 41.5 Å². The molecule has 7 nitrogen and oxygen atoms in total. The van der Waals surface area contributed by atoms with E-state index in [-0.39, 0.29) is 23.7 Å². The highest BCUT2D eigenvalue weighted by molar-refractivity contribution is 7.22. The standard InChI is InChI=1S/C26H30ClN5O2S/c1-29(20-8-10-30(14-20)13-17-2-3-17)26(34)31-11-9-21(15-31)32-16-28-22-12-23(35-24(22)25(32)33)18-4-6-19(27)7-5-18/h4-7,12,16-17,20-21H,2-3,8-11,13-15H2,1H3/t20-,21-/m0/s1. The summed E-state index contributed by atoms with van der Waals surface area (Å²) in [6, 6.07) is 9.88. The number of likely N-dealkylation sites (tertiary alicyclic amines) is 2. The monoisotopic (exact) mass is 511 g/mol. The van der Waals surface area contributed by atoms with Gasteiger partial charge in [0.1, 0.15) is 4.70 Å². The molecule has 0 radical (unpaired) electrons. The van der Waals surface area contributed by atoms with E-state index >= 15 is 0 Å². The zero-order valence-electron chi connectivity index (χ0n) is 19.9. The molecule has 1 aromatic carbocycles. The molecule has 3 aliphatic rings. The van der Waals surface area contributed by atoms with Crippen molar-refractivity contribution in [2.24, 2.45) is 5.92 Å². The summed E-state index contributed by atoms with van der Waals surface area (Å²) in [5.74, 6) is 0.879. The molecule has 2 saturated heterocycles. The molecular weight excluding hydrogens is 482 g/mol. The topological polar surface area (TPSA) is 61.7 Å². The van der Waals surface area contributed by atoms with E-state index in [2.05, 4.69) is 9.88 Å². The highest BCUT2D eigenvalue weighted by Crippen LogP contribution is 2.33. The van der Waals surface area contributed by atoms with Crippen LogP contribution >= 0.6 is 22.9 Å². The Morgan fingerprint density at radius 1 is 1.14 bits per heavy atom. The van der Waals surface area contributed by atoms with Crippen LogP contribution in [-0.4, -0.2) is 76.1 Å². The van der Waals surface area contributed by atoms with Crippen LogP contribution in [-0.2, 0) is 0 Å². The molecule has 2 aliphatic heterocycles. The summed E-state index contributed by atoms with van der Waals surface area (Å²) >= 11 is 7.48. The van der Waals surface area contributed by atoms with Gasteiger partial charge in [-0.15, -0.1) is 11.3 Å². The molecule has 6 rings (SSSR count). The molecule has 1 aliphatic carbocycles. The fourth-order valence-corrected chi connectivity index (χ4v) is 6.60. The number of halogens is 1. The van der Waals surface area contributed by atoms with Gasteiger partial charge in [0.25, 0.3) is 5.56 Å². The molecule has 0 spiro atoms. The van der Waals surface area contributed by atoms with Gasteiger partial charge in [0, 0.05) is 55.7 Å². The Hall–Kier alpha value is -2.42. The maximum atomic E-state index is 13.4. The molecular formula is C26H30ClN5O2S. The number of carbonyl (C=O) groups is 1. The van der Waals surface area contributed by atoms with Gasteiger partial charge in [-0.1, -0.05) is 23.7 Å². The number of amides is 2. The van der Waals surface area contributed by atoms with E-state index in [1.54, 1.807) is 10.9 Å². The second-order valence-corrected chi connectivity index (χ2v) is 11.7. The number of fused-ring (bicyclic) bond motifs is 1. The van der Waals surface area contributed by atoms with Gasteiger partial charge in [-0.3, -0.25) is 9.36 Å². The van der Waals surface area contributed by atoms with Gasteiger partial charge in [-0.25, -0.2) is 9.78 Å². The minimum Gasteiger partial charge on any atom is -0.323 e. The Bertz CT molecular complexity index is 1300. The van der Waals surface area contributed by atoms with Gasteiger partial charge in [-0.2, -0.15) is 0 Å². The SMILES string of the molecule is CN(C(=O)N1CC[C@H](n2cnc3cc(-c4ccc(Cl)cc4)sc3c2=O)C1)[C@H]1CCN(CC2CC2)C1. The second kappa shape index (κ2) is 9.22. The molecule has 0 unspecified atom stereocenters. The summed E-state index contributed by atoms with van der Waals surface area (Å²) < 4.78 is 2.38. The van der Waals surface area contributed by atoms with Gasteiger partial charge in [0.15, 0.2) is 0 Å². The molecule has 2 aromatic heterocycles. The Labute approximate surface area is 213 Å². The molecule has 0 N–H and O–H groups in total. The van der Waals surface area contributed by atoms with E-state index in [0.29, 0.717) is 28.3 Å². The first-order chi connectivity index (χ1) is 17.0. The lowest BCUT2D eigenvalue weighted by Gasteiger charge is -2.29. The molecule has 1 saturated carbocycles. The minimum atomic E-state index is -0.0484. The Morgan fingerprint density at radius 3 is 2.71 bits per heavy atom. The van der Waals surface area contributed by atoms with Crippen LogP contribution in [0.2, 0.25) is 5.02 Å². The third kappa shape index (κ3) is 4.59. The smallest absolute Gasteiger partial charge is 0.320 e. The molecule has 0 bridgehead atoms. The Morgan fingerprint density at radius 2 is 1.94 bits per heavy atom. The Kier molecular flexibility index (Phi) is 6.06. The number of thiophene rings is 1. The van der Waals surface area contributed by atoms with Crippen LogP contribution in [0.3, 0.4) is 0 Å². The average Bonchev–Trinajstić information content (AvgIpc) is 3.24. The minimum absolute atomic E-state index is 0.0284. The van der Waals surface area contributed by atoms with Crippen molar-refractivity contribution >= 4 is 39.2 Å². The first kappa shape index (κ1) is 23.0. The first-order valence-electron chi connectivity index (χ1n) is 12.5. The summed E-state index contributed by atoms with van der Waals surface area (Å²) in [7, 11) is 1.94. The van der Waals surface area contributed by atoms with Crippen LogP contribution in [0.1, 0.15) is 31.7 Å². The van der Waals surface area contributed by atoms with Gasteiger partial charge < -0.3 is 14.7 Å². The number of likely N-dealkylation sites (N-methyl/N-ethyl adjacent to an activating group) is 1. The molecule has 2 atom stereocenters. The highest BCUT2D eigenvalue weighted by Gasteiger charge is 2.36. The summed E-state index contributed by atoms with van der Waals surface area (Å²) in [4.78, 5) is 38.5. The van der Waals surface area contributed by atoms with Gasteiger partial charge in [-0.05, 0) is 55.4 Å². The van der Waals surface area contributed by atoms with Crippen molar-refractivity contribution in [3.8, 4) is 10.4 Å². The van der Waals surface area contributed by atoms with E-state index in [0.717, 1.165) is 42.3 Å². The maximum Gasteiger partial charge on any atom is 0.320 e.